The van der Waals surface area contributed by atoms with Crippen molar-refractivity contribution < 1.29 is 0 Å². The molecule has 0 radical (unpaired) electrons. The lowest BCUT2D eigenvalue weighted by atomic mass is 9.71. The zero-order valence-corrected chi connectivity index (χ0v) is 33.4. The van der Waals surface area contributed by atoms with Crippen LogP contribution in [0.25, 0.3) is 42.4 Å². The lowest BCUT2D eigenvalue weighted by molar-refractivity contribution is 0.631. The quantitative estimate of drug-likeness (QED) is 0.177. The summed E-state index contributed by atoms with van der Waals surface area (Å²) in [7, 11) is 0. The Kier molecular flexibility index (Phi) is 7.46. The minimum Gasteiger partial charge on any atom is -0.310 e. The van der Waals surface area contributed by atoms with Crippen LogP contribution in [0, 0.1) is 0 Å². The van der Waals surface area contributed by atoms with Gasteiger partial charge in [0, 0.05) is 42.4 Å². The van der Waals surface area contributed by atoms with Crippen LogP contribution in [0.4, 0.5) is 34.1 Å². The van der Waals surface area contributed by atoms with Crippen molar-refractivity contribution in [3.63, 3.8) is 0 Å². The molecule has 2 aliphatic rings. The van der Waals surface area contributed by atoms with E-state index in [1.165, 1.54) is 93.1 Å². The molecule has 0 saturated heterocycles. The predicted molar refractivity (Wildman–Crippen MR) is 244 cm³/mol. The van der Waals surface area contributed by atoms with Crippen molar-refractivity contribution in [3.8, 4) is 22.3 Å². The fraction of sp³-hybridized carbons (Fsp3) is 0.111. The lowest BCUT2D eigenvalue weighted by Gasteiger charge is -2.43. The molecule has 57 heavy (non-hydrogen) atoms. The molecule has 0 aliphatic carbocycles. The van der Waals surface area contributed by atoms with Crippen molar-refractivity contribution in [2.75, 3.05) is 9.80 Å². The average Bonchev–Trinajstić information content (AvgIpc) is 3.63. The summed E-state index contributed by atoms with van der Waals surface area (Å²) < 4.78 is 2.67. The van der Waals surface area contributed by atoms with Crippen molar-refractivity contribution in [2.45, 2.75) is 38.5 Å². The van der Waals surface area contributed by atoms with Gasteiger partial charge in [0.15, 0.2) is 0 Å². The highest BCUT2D eigenvalue weighted by Gasteiger charge is 2.39. The van der Waals surface area contributed by atoms with Crippen LogP contribution >= 0.6 is 11.3 Å². The number of fused-ring (bicyclic) bond motifs is 7. The van der Waals surface area contributed by atoms with Gasteiger partial charge >= 0.3 is 0 Å². The largest absolute Gasteiger partial charge is 0.310 e. The van der Waals surface area contributed by atoms with E-state index < -0.39 is 0 Å². The van der Waals surface area contributed by atoms with Gasteiger partial charge in [-0.05, 0) is 123 Å². The molecule has 2 aliphatic heterocycles. The molecule has 9 aromatic rings. The summed E-state index contributed by atoms with van der Waals surface area (Å²) in [5.41, 5.74) is 17.2. The van der Waals surface area contributed by atoms with Crippen molar-refractivity contribution >= 4 is 65.6 Å². The monoisotopic (exact) mass is 750 g/mol. The molecule has 274 valence electrons. The van der Waals surface area contributed by atoms with Crippen LogP contribution < -0.4 is 9.80 Å². The second-order valence-electron chi connectivity index (χ2n) is 16.6. The number of para-hydroxylation sites is 3. The van der Waals surface area contributed by atoms with E-state index in [4.69, 9.17) is 0 Å². The fourth-order valence-corrected chi connectivity index (χ4v) is 10.7. The first kappa shape index (κ1) is 33.9. The van der Waals surface area contributed by atoms with E-state index in [2.05, 4.69) is 219 Å². The number of nitrogens with zero attached hydrogens (tertiary/aromatic N) is 2. The Morgan fingerprint density at radius 3 is 1.39 bits per heavy atom. The summed E-state index contributed by atoms with van der Waals surface area (Å²) in [4.78, 5) is 4.89. The third-order valence-corrected chi connectivity index (χ3v) is 13.8. The zero-order valence-electron chi connectivity index (χ0n) is 32.6. The van der Waals surface area contributed by atoms with Crippen molar-refractivity contribution in [1.82, 2.24) is 0 Å². The Labute approximate surface area is 338 Å². The van der Waals surface area contributed by atoms with E-state index >= 15 is 0 Å². The second kappa shape index (κ2) is 12.5. The highest BCUT2D eigenvalue weighted by atomic mass is 32.1. The highest BCUT2D eigenvalue weighted by Crippen LogP contribution is 2.55. The SMILES string of the molecule is CC1(C)c2ccccc2N(c2ccccc2)c2ccc(-c3ccc4c(c3)C(C)(C)c3ccccc3N4c3ccc(-c4ccc5sc6ccccc6c5c4)cc3)cc21. The number of benzene rings is 8. The topological polar surface area (TPSA) is 6.48 Å². The first-order valence-electron chi connectivity index (χ1n) is 19.9. The molecule has 3 heterocycles. The molecule has 0 N–H and O–H groups in total. The molecule has 3 heteroatoms. The minimum absolute atomic E-state index is 0.175. The van der Waals surface area contributed by atoms with Crippen LogP contribution in [0.5, 0.6) is 0 Å². The van der Waals surface area contributed by atoms with Crippen molar-refractivity contribution in [2.24, 2.45) is 0 Å². The molecule has 0 bridgehead atoms. The second-order valence-corrected chi connectivity index (χ2v) is 17.7. The third-order valence-electron chi connectivity index (χ3n) is 12.6. The van der Waals surface area contributed by atoms with E-state index in [0.29, 0.717) is 0 Å². The van der Waals surface area contributed by atoms with Crippen LogP contribution in [0.1, 0.15) is 49.9 Å². The maximum absolute atomic E-state index is 2.46. The van der Waals surface area contributed by atoms with Crippen LogP contribution in [-0.2, 0) is 10.8 Å². The van der Waals surface area contributed by atoms with Crippen molar-refractivity contribution in [3.05, 3.63) is 204 Å². The summed E-state index contributed by atoms with van der Waals surface area (Å²) in [5.74, 6) is 0. The Morgan fingerprint density at radius 1 is 0.333 bits per heavy atom. The van der Waals surface area contributed by atoms with Crippen molar-refractivity contribution in [1.29, 1.82) is 0 Å². The number of anilines is 6. The number of thiophene rings is 1. The highest BCUT2D eigenvalue weighted by molar-refractivity contribution is 7.25. The maximum Gasteiger partial charge on any atom is 0.0503 e. The fourth-order valence-electron chi connectivity index (χ4n) is 9.61. The molecule has 11 rings (SSSR count). The molecular formula is C54H42N2S. The van der Waals surface area contributed by atoms with Crippen LogP contribution in [-0.4, -0.2) is 0 Å². The molecule has 2 nitrogen and oxygen atoms in total. The molecule has 0 atom stereocenters. The molecular weight excluding hydrogens is 709 g/mol. The van der Waals surface area contributed by atoms with Gasteiger partial charge in [-0.1, -0.05) is 131 Å². The smallest absolute Gasteiger partial charge is 0.0503 e. The molecule has 0 unspecified atom stereocenters. The van der Waals surface area contributed by atoms with E-state index in [9.17, 15) is 0 Å². The van der Waals surface area contributed by atoms with Gasteiger partial charge in [-0.25, -0.2) is 0 Å². The van der Waals surface area contributed by atoms with E-state index in [0.717, 1.165) is 5.69 Å². The van der Waals surface area contributed by atoms with Gasteiger partial charge in [-0.3, -0.25) is 0 Å². The first-order valence-corrected chi connectivity index (χ1v) is 20.7. The van der Waals surface area contributed by atoms with Gasteiger partial charge in [-0.2, -0.15) is 0 Å². The summed E-state index contributed by atoms with van der Waals surface area (Å²) in [6, 6.07) is 67.6. The molecule has 0 spiro atoms. The Balaban J connectivity index is 1.01. The van der Waals surface area contributed by atoms with E-state index in [-0.39, 0.29) is 10.8 Å². The normalized spacial score (nSPS) is 14.9. The Morgan fingerprint density at radius 2 is 0.772 bits per heavy atom. The van der Waals surface area contributed by atoms with Crippen LogP contribution in [0.3, 0.4) is 0 Å². The molecule has 1 aromatic heterocycles. The Bertz CT molecular complexity index is 3020. The molecule has 0 saturated carbocycles. The Hall–Kier alpha value is -6.42. The third kappa shape index (κ3) is 5.15. The number of rotatable bonds is 4. The van der Waals surface area contributed by atoms with Gasteiger partial charge in [0.05, 0.1) is 22.7 Å². The molecule has 8 aromatic carbocycles. The summed E-state index contributed by atoms with van der Waals surface area (Å²) in [6.45, 7) is 9.50. The van der Waals surface area contributed by atoms with Crippen LogP contribution in [0.15, 0.2) is 182 Å². The lowest BCUT2D eigenvalue weighted by Crippen LogP contribution is -2.31. The molecule has 0 amide bonds. The standard InChI is InChI=1S/C54H42N2S/c1-53(2)43-17-9-11-19-47(43)55(39-14-6-5-7-15-39)49-29-24-37(33-45(49)53)38-25-30-50-46(34-38)54(3,4)44-18-10-12-20-48(44)56(50)40-27-22-35(23-28-40)36-26-31-52-42(32-36)41-16-8-13-21-51(41)57-52/h5-34H,1-4H3. The van der Waals surface area contributed by atoms with Gasteiger partial charge in [0.1, 0.15) is 0 Å². The van der Waals surface area contributed by atoms with Gasteiger partial charge < -0.3 is 9.80 Å². The zero-order chi connectivity index (χ0) is 38.5. The van der Waals surface area contributed by atoms with E-state index in [1.807, 2.05) is 11.3 Å². The van der Waals surface area contributed by atoms with Gasteiger partial charge in [-0.15, -0.1) is 11.3 Å². The summed E-state index contributed by atoms with van der Waals surface area (Å²) in [6.07, 6.45) is 0. The summed E-state index contributed by atoms with van der Waals surface area (Å²) in [5, 5.41) is 2.66. The number of hydrogen-bond donors (Lipinski definition) is 0. The maximum atomic E-state index is 2.46. The average molecular weight is 751 g/mol. The first-order chi connectivity index (χ1) is 27.8. The molecule has 0 fully saturated rings. The van der Waals surface area contributed by atoms with Gasteiger partial charge in [0.25, 0.3) is 0 Å². The van der Waals surface area contributed by atoms with E-state index in [1.54, 1.807) is 0 Å². The van der Waals surface area contributed by atoms with Crippen LogP contribution in [0.2, 0.25) is 0 Å². The predicted octanol–water partition coefficient (Wildman–Crippen LogP) is 15.6. The number of hydrogen-bond acceptors (Lipinski definition) is 3. The summed E-state index contributed by atoms with van der Waals surface area (Å²) >= 11 is 1.87. The minimum atomic E-state index is -0.201. The van der Waals surface area contributed by atoms with Gasteiger partial charge in [0.2, 0.25) is 0 Å².